The minimum absolute atomic E-state index is 0.141. The predicted octanol–water partition coefficient (Wildman–Crippen LogP) is 5.27. The smallest absolute Gasteiger partial charge is 0.408 e. The standard InChI is InChI=1S/C20H25O3P/c1-19(2,3)13-20(4,5)16-11-8-10-15-14-9-6-7-12-17(14)24(21,22)23-18(15)16/h6-12H,13H2,1-5H3,(H,21,22). The topological polar surface area (TPSA) is 46.5 Å². The van der Waals surface area contributed by atoms with E-state index in [1.54, 1.807) is 12.1 Å². The number of benzene rings is 2. The van der Waals surface area contributed by atoms with Crippen LogP contribution in [0.4, 0.5) is 0 Å². The molecule has 4 heteroatoms. The highest BCUT2D eigenvalue weighted by Crippen LogP contribution is 2.55. The number of fused-ring (bicyclic) bond motifs is 3. The van der Waals surface area contributed by atoms with Crippen LogP contribution in [-0.4, -0.2) is 4.89 Å². The van der Waals surface area contributed by atoms with Crippen molar-refractivity contribution in [3.63, 3.8) is 0 Å². The van der Waals surface area contributed by atoms with E-state index in [2.05, 4.69) is 34.6 Å². The molecule has 3 nitrogen and oxygen atoms in total. The van der Waals surface area contributed by atoms with Crippen LogP contribution >= 0.6 is 7.60 Å². The zero-order valence-electron chi connectivity index (χ0n) is 15.0. The van der Waals surface area contributed by atoms with Crippen molar-refractivity contribution in [1.82, 2.24) is 0 Å². The van der Waals surface area contributed by atoms with E-state index in [-0.39, 0.29) is 10.8 Å². The van der Waals surface area contributed by atoms with E-state index in [0.29, 0.717) is 11.1 Å². The van der Waals surface area contributed by atoms with Crippen LogP contribution in [0.3, 0.4) is 0 Å². The fourth-order valence-electron chi connectivity index (χ4n) is 3.92. The maximum Gasteiger partial charge on any atom is 0.408 e. The lowest BCUT2D eigenvalue weighted by molar-refractivity contribution is 0.280. The van der Waals surface area contributed by atoms with Crippen LogP contribution in [0, 0.1) is 5.41 Å². The number of rotatable bonds is 2. The predicted molar refractivity (Wildman–Crippen MR) is 99.1 cm³/mol. The van der Waals surface area contributed by atoms with Crippen molar-refractivity contribution in [3.8, 4) is 16.9 Å². The Balaban J connectivity index is 2.22. The van der Waals surface area contributed by atoms with Crippen LogP contribution in [0.5, 0.6) is 5.75 Å². The van der Waals surface area contributed by atoms with E-state index < -0.39 is 7.60 Å². The molecule has 2 aromatic rings. The number of para-hydroxylation sites is 1. The molecule has 0 amide bonds. The average molecular weight is 344 g/mol. The van der Waals surface area contributed by atoms with E-state index in [1.807, 2.05) is 30.3 Å². The van der Waals surface area contributed by atoms with E-state index in [0.717, 1.165) is 23.1 Å². The zero-order valence-corrected chi connectivity index (χ0v) is 15.9. The van der Waals surface area contributed by atoms with Crippen molar-refractivity contribution < 1.29 is 14.0 Å². The fourth-order valence-corrected chi connectivity index (χ4v) is 5.24. The maximum atomic E-state index is 12.7. The Bertz CT molecular complexity index is 831. The first-order chi connectivity index (χ1) is 11.0. The molecule has 1 heterocycles. The quantitative estimate of drug-likeness (QED) is 0.755. The van der Waals surface area contributed by atoms with Crippen LogP contribution in [0.25, 0.3) is 11.1 Å². The first kappa shape index (κ1) is 17.3. The van der Waals surface area contributed by atoms with Crippen LogP contribution in [0.15, 0.2) is 42.5 Å². The Morgan fingerprint density at radius 2 is 1.58 bits per heavy atom. The van der Waals surface area contributed by atoms with Crippen molar-refractivity contribution >= 4 is 12.9 Å². The monoisotopic (exact) mass is 344 g/mol. The molecule has 0 aromatic heterocycles. The summed E-state index contributed by atoms with van der Waals surface area (Å²) in [7, 11) is -3.86. The third-order valence-corrected chi connectivity index (χ3v) is 5.86. The first-order valence-electron chi connectivity index (χ1n) is 8.27. The van der Waals surface area contributed by atoms with Crippen molar-refractivity contribution in [3.05, 3.63) is 48.0 Å². The summed E-state index contributed by atoms with van der Waals surface area (Å²) in [6.07, 6.45) is 0.942. The third kappa shape index (κ3) is 3.03. The van der Waals surface area contributed by atoms with Gasteiger partial charge in [0, 0.05) is 16.7 Å². The summed E-state index contributed by atoms with van der Waals surface area (Å²) in [5.41, 5.74) is 2.64. The minimum atomic E-state index is -3.86. The van der Waals surface area contributed by atoms with Gasteiger partial charge in [-0.25, -0.2) is 4.57 Å². The Morgan fingerprint density at radius 1 is 0.958 bits per heavy atom. The van der Waals surface area contributed by atoms with Gasteiger partial charge in [0.15, 0.2) is 0 Å². The summed E-state index contributed by atoms with van der Waals surface area (Å²) < 4.78 is 18.4. The molecule has 0 saturated carbocycles. The third-order valence-electron chi connectivity index (χ3n) is 4.43. The molecule has 0 fully saturated rings. The van der Waals surface area contributed by atoms with Crippen molar-refractivity contribution in [1.29, 1.82) is 0 Å². The molecule has 0 saturated heterocycles. The fraction of sp³-hybridized carbons (Fsp3) is 0.400. The van der Waals surface area contributed by atoms with Gasteiger partial charge in [0.2, 0.25) is 0 Å². The van der Waals surface area contributed by atoms with Gasteiger partial charge >= 0.3 is 7.60 Å². The van der Waals surface area contributed by atoms with E-state index in [1.165, 1.54) is 0 Å². The molecule has 0 aliphatic carbocycles. The van der Waals surface area contributed by atoms with Gasteiger partial charge in [-0.15, -0.1) is 0 Å². The van der Waals surface area contributed by atoms with Gasteiger partial charge in [0.05, 0.1) is 5.30 Å². The second-order valence-corrected chi connectivity index (χ2v) is 10.1. The molecule has 1 aliphatic heterocycles. The zero-order chi connectivity index (χ0) is 17.8. The van der Waals surface area contributed by atoms with Crippen LogP contribution in [0.2, 0.25) is 0 Å². The molecule has 0 bridgehead atoms. The summed E-state index contributed by atoms with van der Waals surface area (Å²) in [5.74, 6) is 0.552. The Morgan fingerprint density at radius 3 is 2.25 bits per heavy atom. The van der Waals surface area contributed by atoms with Crippen LogP contribution in [0.1, 0.15) is 46.6 Å². The molecule has 2 aromatic carbocycles. The van der Waals surface area contributed by atoms with Gasteiger partial charge in [-0.2, -0.15) is 0 Å². The van der Waals surface area contributed by atoms with E-state index >= 15 is 0 Å². The average Bonchev–Trinajstić information content (AvgIpc) is 2.44. The second kappa shape index (κ2) is 5.47. The highest BCUT2D eigenvalue weighted by Gasteiger charge is 2.38. The summed E-state index contributed by atoms with van der Waals surface area (Å²) in [5, 5.41) is 0.378. The Labute approximate surface area is 144 Å². The molecule has 24 heavy (non-hydrogen) atoms. The maximum absolute atomic E-state index is 12.7. The van der Waals surface area contributed by atoms with Crippen LogP contribution in [-0.2, 0) is 9.98 Å². The SMILES string of the molecule is CC(C)(C)CC(C)(C)c1cccc2c1OP(=O)(O)c1ccccc1-2. The molecule has 128 valence electrons. The van der Waals surface area contributed by atoms with Crippen molar-refractivity contribution in [2.24, 2.45) is 5.41 Å². The summed E-state index contributed by atoms with van der Waals surface area (Å²) >= 11 is 0. The highest BCUT2D eigenvalue weighted by atomic mass is 31.2. The second-order valence-electron chi connectivity index (χ2n) is 8.43. The van der Waals surface area contributed by atoms with Gasteiger partial charge < -0.3 is 9.42 Å². The van der Waals surface area contributed by atoms with E-state index in [9.17, 15) is 9.46 Å². The lowest BCUT2D eigenvalue weighted by atomic mass is 9.71. The largest absolute Gasteiger partial charge is 0.420 e. The lowest BCUT2D eigenvalue weighted by Gasteiger charge is -2.36. The van der Waals surface area contributed by atoms with Gasteiger partial charge in [0.25, 0.3) is 0 Å². The van der Waals surface area contributed by atoms with Crippen molar-refractivity contribution in [2.45, 2.75) is 46.5 Å². The molecule has 1 N–H and O–H groups in total. The molecule has 1 aliphatic rings. The van der Waals surface area contributed by atoms with Crippen LogP contribution < -0.4 is 9.83 Å². The molecule has 1 atom stereocenters. The summed E-state index contributed by atoms with van der Waals surface area (Å²) in [6.45, 7) is 11.0. The molecule has 3 rings (SSSR count). The van der Waals surface area contributed by atoms with Gasteiger partial charge in [0.1, 0.15) is 5.75 Å². The Kier molecular flexibility index (Phi) is 3.94. The molecular weight excluding hydrogens is 319 g/mol. The minimum Gasteiger partial charge on any atom is -0.420 e. The normalized spacial score (nSPS) is 20.1. The van der Waals surface area contributed by atoms with Crippen molar-refractivity contribution in [2.75, 3.05) is 0 Å². The van der Waals surface area contributed by atoms with Gasteiger partial charge in [-0.3, -0.25) is 0 Å². The summed E-state index contributed by atoms with van der Waals surface area (Å²) in [6, 6.07) is 13.2. The lowest BCUT2D eigenvalue weighted by Crippen LogP contribution is -2.27. The highest BCUT2D eigenvalue weighted by molar-refractivity contribution is 7.62. The molecular formula is C20H25O3P. The first-order valence-corrected chi connectivity index (χ1v) is 9.85. The molecule has 0 spiro atoms. The van der Waals surface area contributed by atoms with Gasteiger partial charge in [-0.1, -0.05) is 71.0 Å². The van der Waals surface area contributed by atoms with E-state index in [4.69, 9.17) is 4.52 Å². The number of hydrogen-bond donors (Lipinski definition) is 1. The molecule has 1 unspecified atom stereocenters. The Hall–Kier alpha value is -1.57. The van der Waals surface area contributed by atoms with Gasteiger partial charge in [-0.05, 0) is 23.3 Å². The number of hydrogen-bond acceptors (Lipinski definition) is 2. The summed E-state index contributed by atoms with van der Waals surface area (Å²) in [4.78, 5) is 10.4. The molecule has 0 radical (unpaired) electrons.